The Morgan fingerprint density at radius 3 is 2.67 bits per heavy atom. The lowest BCUT2D eigenvalue weighted by Gasteiger charge is -2.14. The molecule has 0 aromatic heterocycles. The van der Waals surface area contributed by atoms with Crippen molar-refractivity contribution in [1.29, 1.82) is 0 Å². The lowest BCUT2D eigenvalue weighted by molar-refractivity contribution is -0.697. The Bertz CT molecular complexity index is 694. The Kier molecular flexibility index (Phi) is 5.66. The standard InChI is InChI=1S/C18H20BrClN2O2/c1-22(2)14-6-3-12(4-7-14)18-21-10-15(24-18)11-23-17-8-5-13(20)9-16(17)19/h3-9,15,18,21H,10-11H2,1-2H3/p+1/t15-,18-/m0/s1. The van der Waals surface area contributed by atoms with Gasteiger partial charge in [-0.15, -0.1) is 0 Å². The van der Waals surface area contributed by atoms with Crippen LogP contribution in [0, 0.1) is 0 Å². The van der Waals surface area contributed by atoms with E-state index >= 15 is 0 Å². The third kappa shape index (κ3) is 4.22. The van der Waals surface area contributed by atoms with Gasteiger partial charge in [-0.05, 0) is 58.4 Å². The van der Waals surface area contributed by atoms with Crippen LogP contribution >= 0.6 is 27.5 Å². The SMILES string of the molecule is CN(C)c1ccc([C@H]2[NH2+]C[C@@H](COc3ccc(Cl)cc3Br)O2)cc1. The van der Waals surface area contributed by atoms with Crippen LogP contribution < -0.4 is 15.0 Å². The van der Waals surface area contributed by atoms with Crippen LogP contribution in [-0.4, -0.2) is 33.4 Å². The number of nitrogens with zero attached hydrogens (tertiary/aromatic N) is 1. The number of anilines is 1. The third-order valence-corrected chi connectivity index (χ3v) is 4.86. The average molecular weight is 413 g/mol. The fourth-order valence-electron chi connectivity index (χ4n) is 2.65. The summed E-state index contributed by atoms with van der Waals surface area (Å²) in [5.74, 6) is 0.779. The van der Waals surface area contributed by atoms with Gasteiger partial charge in [0.25, 0.3) is 0 Å². The summed E-state index contributed by atoms with van der Waals surface area (Å²) in [6.45, 7) is 1.40. The number of halogens is 2. The Labute approximate surface area is 155 Å². The van der Waals surface area contributed by atoms with Crippen LogP contribution in [0.1, 0.15) is 11.8 Å². The van der Waals surface area contributed by atoms with Crippen molar-refractivity contribution < 1.29 is 14.8 Å². The van der Waals surface area contributed by atoms with Gasteiger partial charge in [0.1, 0.15) is 25.0 Å². The Morgan fingerprint density at radius 2 is 2.00 bits per heavy atom. The molecule has 2 N–H and O–H groups in total. The zero-order valence-electron chi connectivity index (χ0n) is 13.7. The highest BCUT2D eigenvalue weighted by Crippen LogP contribution is 2.28. The molecule has 0 saturated carbocycles. The first-order valence-corrected chi connectivity index (χ1v) is 9.04. The van der Waals surface area contributed by atoms with Crippen LogP contribution in [-0.2, 0) is 4.74 Å². The summed E-state index contributed by atoms with van der Waals surface area (Å²) >= 11 is 9.41. The van der Waals surface area contributed by atoms with E-state index < -0.39 is 0 Å². The van der Waals surface area contributed by atoms with Crippen molar-refractivity contribution in [3.8, 4) is 5.75 Å². The predicted molar refractivity (Wildman–Crippen MR) is 99.8 cm³/mol. The van der Waals surface area contributed by atoms with Crippen molar-refractivity contribution in [3.05, 3.63) is 57.5 Å². The maximum absolute atomic E-state index is 6.10. The van der Waals surface area contributed by atoms with Gasteiger partial charge in [0.2, 0.25) is 6.23 Å². The van der Waals surface area contributed by atoms with Crippen molar-refractivity contribution in [1.82, 2.24) is 0 Å². The average Bonchev–Trinajstić information content (AvgIpc) is 3.03. The number of quaternary nitrogens is 1. The summed E-state index contributed by atoms with van der Waals surface area (Å²) in [4.78, 5) is 2.09. The third-order valence-electron chi connectivity index (χ3n) is 4.01. The van der Waals surface area contributed by atoms with Gasteiger partial charge in [-0.2, -0.15) is 0 Å². The van der Waals surface area contributed by atoms with E-state index in [9.17, 15) is 0 Å². The van der Waals surface area contributed by atoms with Gasteiger partial charge in [0, 0.05) is 30.4 Å². The number of hydrogen-bond acceptors (Lipinski definition) is 3. The maximum atomic E-state index is 6.10. The zero-order valence-corrected chi connectivity index (χ0v) is 16.0. The summed E-state index contributed by atoms with van der Waals surface area (Å²) < 4.78 is 12.8. The van der Waals surface area contributed by atoms with E-state index in [2.05, 4.69) is 50.4 Å². The van der Waals surface area contributed by atoms with E-state index in [0.717, 1.165) is 16.8 Å². The normalized spacial score (nSPS) is 20.2. The molecule has 1 aliphatic heterocycles. The first-order chi connectivity index (χ1) is 11.5. The van der Waals surface area contributed by atoms with E-state index in [1.165, 1.54) is 11.3 Å². The fourth-order valence-corrected chi connectivity index (χ4v) is 3.45. The van der Waals surface area contributed by atoms with Crippen molar-refractivity contribution in [2.75, 3.05) is 32.1 Å². The number of rotatable bonds is 5. The molecule has 1 fully saturated rings. The zero-order chi connectivity index (χ0) is 17.1. The number of hydrogen-bond donors (Lipinski definition) is 1. The molecule has 0 spiro atoms. The van der Waals surface area contributed by atoms with Crippen LogP contribution in [0.4, 0.5) is 5.69 Å². The molecule has 2 aromatic carbocycles. The van der Waals surface area contributed by atoms with E-state index in [4.69, 9.17) is 21.1 Å². The quantitative estimate of drug-likeness (QED) is 0.819. The molecule has 0 unspecified atom stereocenters. The van der Waals surface area contributed by atoms with Crippen LogP contribution in [0.15, 0.2) is 46.9 Å². The largest absolute Gasteiger partial charge is 0.489 e. The Morgan fingerprint density at radius 1 is 1.25 bits per heavy atom. The van der Waals surface area contributed by atoms with E-state index in [0.29, 0.717) is 11.6 Å². The summed E-state index contributed by atoms with van der Waals surface area (Å²) in [5, 5.41) is 2.89. The summed E-state index contributed by atoms with van der Waals surface area (Å²) in [6, 6.07) is 14.0. The van der Waals surface area contributed by atoms with E-state index in [1.54, 1.807) is 0 Å². The Hall–Kier alpha value is -1.27. The lowest BCUT2D eigenvalue weighted by atomic mass is 10.2. The molecular weight excluding hydrogens is 392 g/mol. The highest BCUT2D eigenvalue weighted by atomic mass is 79.9. The smallest absolute Gasteiger partial charge is 0.217 e. The van der Waals surface area contributed by atoms with E-state index in [1.807, 2.05) is 32.3 Å². The monoisotopic (exact) mass is 411 g/mol. The Balaban J connectivity index is 1.55. The van der Waals surface area contributed by atoms with Crippen LogP contribution in [0.3, 0.4) is 0 Å². The van der Waals surface area contributed by atoms with Crippen molar-refractivity contribution in [2.45, 2.75) is 12.3 Å². The lowest BCUT2D eigenvalue weighted by Crippen LogP contribution is -2.82. The minimum Gasteiger partial charge on any atom is -0.489 e. The molecule has 3 rings (SSSR count). The highest BCUT2D eigenvalue weighted by Gasteiger charge is 2.30. The molecule has 6 heteroatoms. The molecule has 0 aliphatic carbocycles. The topological polar surface area (TPSA) is 38.3 Å². The molecule has 1 heterocycles. The molecule has 0 radical (unpaired) electrons. The van der Waals surface area contributed by atoms with Gasteiger partial charge in [0.15, 0.2) is 0 Å². The molecular formula is C18H21BrClN2O2+. The maximum Gasteiger partial charge on any atom is 0.217 e. The molecule has 24 heavy (non-hydrogen) atoms. The molecule has 0 bridgehead atoms. The van der Waals surface area contributed by atoms with Crippen molar-refractivity contribution in [3.63, 3.8) is 0 Å². The number of benzene rings is 2. The molecule has 0 amide bonds. The molecule has 4 nitrogen and oxygen atoms in total. The van der Waals surface area contributed by atoms with Gasteiger partial charge in [0.05, 0.1) is 4.47 Å². The van der Waals surface area contributed by atoms with E-state index in [-0.39, 0.29) is 12.3 Å². The van der Waals surface area contributed by atoms with Gasteiger partial charge in [-0.1, -0.05) is 11.6 Å². The van der Waals surface area contributed by atoms with Gasteiger partial charge < -0.3 is 19.7 Å². The molecule has 2 aromatic rings. The second-order valence-corrected chi connectivity index (χ2v) is 7.31. The van der Waals surface area contributed by atoms with Gasteiger partial charge >= 0.3 is 0 Å². The second kappa shape index (κ2) is 7.74. The van der Waals surface area contributed by atoms with Crippen LogP contribution in [0.5, 0.6) is 5.75 Å². The van der Waals surface area contributed by atoms with Crippen LogP contribution in [0.2, 0.25) is 5.02 Å². The highest BCUT2D eigenvalue weighted by molar-refractivity contribution is 9.10. The first kappa shape index (κ1) is 17.5. The fraction of sp³-hybridized carbons (Fsp3) is 0.333. The summed E-state index contributed by atoms with van der Waals surface area (Å²) in [6.07, 6.45) is 0.0922. The molecule has 1 saturated heterocycles. The minimum atomic E-state index is 0.0310. The summed E-state index contributed by atoms with van der Waals surface area (Å²) in [5.41, 5.74) is 2.36. The van der Waals surface area contributed by atoms with Crippen molar-refractivity contribution in [2.24, 2.45) is 0 Å². The first-order valence-electron chi connectivity index (χ1n) is 7.87. The molecule has 128 valence electrons. The van der Waals surface area contributed by atoms with Crippen LogP contribution in [0.25, 0.3) is 0 Å². The molecule has 1 aliphatic rings. The van der Waals surface area contributed by atoms with Crippen molar-refractivity contribution >= 4 is 33.2 Å². The summed E-state index contributed by atoms with van der Waals surface area (Å²) in [7, 11) is 4.07. The number of ether oxygens (including phenoxy) is 2. The second-order valence-electron chi connectivity index (χ2n) is 6.02. The minimum absolute atomic E-state index is 0.0310. The number of nitrogens with two attached hydrogens (primary N) is 1. The van der Waals surface area contributed by atoms with Gasteiger partial charge in [-0.3, -0.25) is 0 Å². The molecule has 2 atom stereocenters. The predicted octanol–water partition coefficient (Wildman–Crippen LogP) is 3.21. The van der Waals surface area contributed by atoms with Gasteiger partial charge in [-0.25, -0.2) is 0 Å².